The molecule has 19 heavy (non-hydrogen) atoms. The standard InChI is InChI=1S/C14H21N5/c1-3-19(11-4-5-11)9-8-16-14-13-12(6-7-15-14)18(2)10-17-13/h6-7,10-11H,3-5,8-9H2,1-2H3,(H,15,16). The molecule has 1 N–H and O–H groups in total. The van der Waals surface area contributed by atoms with Crippen LogP contribution in [0.3, 0.4) is 0 Å². The highest BCUT2D eigenvalue weighted by atomic mass is 15.2. The van der Waals surface area contributed by atoms with Crippen molar-refractivity contribution in [2.75, 3.05) is 25.0 Å². The summed E-state index contributed by atoms with van der Waals surface area (Å²) in [6.45, 7) is 5.36. The van der Waals surface area contributed by atoms with Gasteiger partial charge in [-0.25, -0.2) is 9.97 Å². The maximum atomic E-state index is 4.41. The summed E-state index contributed by atoms with van der Waals surface area (Å²) in [5.74, 6) is 0.893. The van der Waals surface area contributed by atoms with Crippen LogP contribution in [0.2, 0.25) is 0 Å². The van der Waals surface area contributed by atoms with Gasteiger partial charge in [-0.15, -0.1) is 0 Å². The van der Waals surface area contributed by atoms with E-state index in [0.29, 0.717) is 0 Å². The van der Waals surface area contributed by atoms with E-state index in [4.69, 9.17) is 0 Å². The smallest absolute Gasteiger partial charge is 0.154 e. The Balaban J connectivity index is 1.64. The summed E-state index contributed by atoms with van der Waals surface area (Å²) in [7, 11) is 2.00. The van der Waals surface area contributed by atoms with Crippen molar-refractivity contribution in [3.8, 4) is 0 Å². The number of pyridine rings is 1. The third-order valence-corrected chi connectivity index (χ3v) is 3.80. The predicted molar refractivity (Wildman–Crippen MR) is 77.3 cm³/mol. The van der Waals surface area contributed by atoms with Crippen molar-refractivity contribution in [3.05, 3.63) is 18.6 Å². The van der Waals surface area contributed by atoms with Crippen molar-refractivity contribution < 1.29 is 0 Å². The second-order valence-electron chi connectivity index (χ2n) is 5.17. The van der Waals surface area contributed by atoms with Crippen LogP contribution in [0.4, 0.5) is 5.82 Å². The third-order valence-electron chi connectivity index (χ3n) is 3.80. The van der Waals surface area contributed by atoms with Gasteiger partial charge in [0.2, 0.25) is 0 Å². The second kappa shape index (κ2) is 5.17. The van der Waals surface area contributed by atoms with Crippen molar-refractivity contribution >= 4 is 16.9 Å². The van der Waals surface area contributed by atoms with Gasteiger partial charge in [-0.2, -0.15) is 0 Å². The van der Waals surface area contributed by atoms with E-state index in [-0.39, 0.29) is 0 Å². The highest BCUT2D eigenvalue weighted by Crippen LogP contribution is 2.26. The zero-order valence-corrected chi connectivity index (χ0v) is 11.6. The van der Waals surface area contributed by atoms with E-state index in [0.717, 1.165) is 42.5 Å². The summed E-state index contributed by atoms with van der Waals surface area (Å²) in [6.07, 6.45) is 6.40. The molecule has 0 spiro atoms. The Kier molecular flexibility index (Phi) is 3.38. The van der Waals surface area contributed by atoms with Crippen LogP contribution >= 0.6 is 0 Å². The van der Waals surface area contributed by atoms with E-state index in [1.54, 1.807) is 0 Å². The normalized spacial score (nSPS) is 15.3. The average Bonchev–Trinajstić information content (AvgIpc) is 3.20. The first-order valence-corrected chi connectivity index (χ1v) is 7.03. The lowest BCUT2D eigenvalue weighted by atomic mass is 10.3. The number of likely N-dealkylation sites (N-methyl/N-ethyl adjacent to an activating group) is 1. The molecule has 0 unspecified atom stereocenters. The highest BCUT2D eigenvalue weighted by Gasteiger charge is 2.27. The monoisotopic (exact) mass is 259 g/mol. The maximum absolute atomic E-state index is 4.41. The second-order valence-corrected chi connectivity index (χ2v) is 5.17. The lowest BCUT2D eigenvalue weighted by Crippen LogP contribution is -2.31. The maximum Gasteiger partial charge on any atom is 0.154 e. The Morgan fingerprint density at radius 3 is 3.00 bits per heavy atom. The largest absolute Gasteiger partial charge is 0.367 e. The number of nitrogens with zero attached hydrogens (tertiary/aromatic N) is 4. The van der Waals surface area contributed by atoms with Gasteiger partial charge in [0.25, 0.3) is 0 Å². The molecule has 1 saturated carbocycles. The number of nitrogens with one attached hydrogen (secondary N) is 1. The molecule has 0 atom stereocenters. The molecule has 0 saturated heterocycles. The molecule has 5 heteroatoms. The summed E-state index contributed by atoms with van der Waals surface area (Å²) >= 11 is 0. The van der Waals surface area contributed by atoms with Crippen molar-refractivity contribution in [1.82, 2.24) is 19.4 Å². The minimum atomic E-state index is 0.824. The molecule has 5 nitrogen and oxygen atoms in total. The van der Waals surface area contributed by atoms with Gasteiger partial charge in [0.1, 0.15) is 5.52 Å². The number of fused-ring (bicyclic) bond motifs is 1. The van der Waals surface area contributed by atoms with Gasteiger partial charge in [0, 0.05) is 32.4 Å². The highest BCUT2D eigenvalue weighted by molar-refractivity contribution is 5.85. The SMILES string of the molecule is CCN(CCNc1nccc2c1ncn2C)C1CC1. The van der Waals surface area contributed by atoms with Crippen LogP contribution in [-0.4, -0.2) is 45.1 Å². The van der Waals surface area contributed by atoms with Crippen LogP contribution < -0.4 is 5.32 Å². The van der Waals surface area contributed by atoms with E-state index >= 15 is 0 Å². The molecule has 1 aliphatic rings. The van der Waals surface area contributed by atoms with Gasteiger partial charge >= 0.3 is 0 Å². The Morgan fingerprint density at radius 2 is 2.26 bits per heavy atom. The fraction of sp³-hybridized carbons (Fsp3) is 0.571. The molecule has 2 aromatic rings. The van der Waals surface area contributed by atoms with Crippen LogP contribution in [0.1, 0.15) is 19.8 Å². The minimum absolute atomic E-state index is 0.824. The van der Waals surface area contributed by atoms with Crippen LogP contribution in [0, 0.1) is 0 Å². The fourth-order valence-corrected chi connectivity index (χ4v) is 2.55. The topological polar surface area (TPSA) is 46.0 Å². The summed E-state index contributed by atoms with van der Waals surface area (Å²) in [4.78, 5) is 11.3. The van der Waals surface area contributed by atoms with E-state index in [9.17, 15) is 0 Å². The molecule has 2 heterocycles. The molecule has 0 aromatic carbocycles. The first-order valence-electron chi connectivity index (χ1n) is 7.03. The number of aryl methyl sites for hydroxylation is 1. The summed E-state index contributed by atoms with van der Waals surface area (Å²) in [5.41, 5.74) is 2.08. The summed E-state index contributed by atoms with van der Waals surface area (Å²) < 4.78 is 2.02. The predicted octanol–water partition coefficient (Wildman–Crippen LogP) is 1.86. The molecule has 2 aromatic heterocycles. The van der Waals surface area contributed by atoms with Crippen LogP contribution in [0.25, 0.3) is 11.0 Å². The van der Waals surface area contributed by atoms with E-state index in [1.165, 1.54) is 12.8 Å². The molecule has 1 aliphatic carbocycles. The Morgan fingerprint density at radius 1 is 1.42 bits per heavy atom. The van der Waals surface area contributed by atoms with E-state index in [2.05, 4.69) is 27.1 Å². The van der Waals surface area contributed by atoms with Crippen LogP contribution in [0.15, 0.2) is 18.6 Å². The summed E-state index contributed by atoms with van der Waals surface area (Å²) in [6, 6.07) is 2.82. The van der Waals surface area contributed by atoms with Crippen molar-refractivity contribution in [2.24, 2.45) is 7.05 Å². The number of hydrogen-bond donors (Lipinski definition) is 1. The van der Waals surface area contributed by atoms with Crippen LogP contribution in [-0.2, 0) is 7.05 Å². The van der Waals surface area contributed by atoms with E-state index < -0.39 is 0 Å². The van der Waals surface area contributed by atoms with Gasteiger partial charge < -0.3 is 9.88 Å². The quantitative estimate of drug-likeness (QED) is 0.860. The van der Waals surface area contributed by atoms with Crippen molar-refractivity contribution in [1.29, 1.82) is 0 Å². The Hall–Kier alpha value is -1.62. The number of imidazole rings is 1. The number of rotatable bonds is 6. The molecule has 102 valence electrons. The van der Waals surface area contributed by atoms with Crippen molar-refractivity contribution in [3.63, 3.8) is 0 Å². The molecule has 0 radical (unpaired) electrons. The zero-order chi connectivity index (χ0) is 13.2. The molecular weight excluding hydrogens is 238 g/mol. The van der Waals surface area contributed by atoms with Crippen molar-refractivity contribution in [2.45, 2.75) is 25.8 Å². The molecule has 1 fully saturated rings. The van der Waals surface area contributed by atoms with Gasteiger partial charge in [-0.05, 0) is 25.5 Å². The molecule has 0 amide bonds. The first-order chi connectivity index (χ1) is 9.29. The Labute approximate surface area is 113 Å². The van der Waals surface area contributed by atoms with Crippen LogP contribution in [0.5, 0.6) is 0 Å². The lowest BCUT2D eigenvalue weighted by Gasteiger charge is -2.19. The number of hydrogen-bond acceptors (Lipinski definition) is 4. The van der Waals surface area contributed by atoms with Gasteiger partial charge in [-0.1, -0.05) is 6.92 Å². The molecular formula is C14H21N5. The van der Waals surface area contributed by atoms with Gasteiger partial charge in [-0.3, -0.25) is 4.90 Å². The average molecular weight is 259 g/mol. The first kappa shape index (κ1) is 12.4. The summed E-state index contributed by atoms with van der Waals surface area (Å²) in [5, 5.41) is 3.42. The number of aromatic nitrogens is 3. The Bertz CT molecular complexity index is 558. The zero-order valence-electron chi connectivity index (χ0n) is 11.6. The van der Waals surface area contributed by atoms with Gasteiger partial charge in [0.05, 0.1) is 11.8 Å². The van der Waals surface area contributed by atoms with Gasteiger partial charge in [0.15, 0.2) is 5.82 Å². The molecule has 3 rings (SSSR count). The van der Waals surface area contributed by atoms with E-state index in [1.807, 2.05) is 30.2 Å². The lowest BCUT2D eigenvalue weighted by molar-refractivity contribution is 0.289. The minimum Gasteiger partial charge on any atom is -0.367 e. The molecule has 0 aliphatic heterocycles. The fourth-order valence-electron chi connectivity index (χ4n) is 2.55. The third kappa shape index (κ3) is 2.56. The number of anilines is 1. The molecule has 0 bridgehead atoms.